The fourth-order valence-corrected chi connectivity index (χ4v) is 2.19. The van der Waals surface area contributed by atoms with Crippen molar-refractivity contribution in [2.75, 3.05) is 13.1 Å². The molecule has 1 amide bonds. The van der Waals surface area contributed by atoms with Gasteiger partial charge in [0.05, 0.1) is 5.56 Å². The topological polar surface area (TPSA) is 66.8 Å². The lowest BCUT2D eigenvalue weighted by Crippen LogP contribution is -2.41. The van der Waals surface area contributed by atoms with Gasteiger partial charge < -0.3 is 14.7 Å². The molecule has 1 aliphatic heterocycles. The summed E-state index contributed by atoms with van der Waals surface area (Å²) in [5, 5.41) is 8.82. The maximum Gasteiger partial charge on any atom is 0.335 e. The summed E-state index contributed by atoms with van der Waals surface area (Å²) >= 11 is 0. The molecule has 0 radical (unpaired) electrons. The van der Waals surface area contributed by atoms with Crippen LogP contribution in [0.4, 0.5) is 0 Å². The van der Waals surface area contributed by atoms with E-state index in [0.717, 1.165) is 12.8 Å². The predicted octanol–water partition coefficient (Wildman–Crippen LogP) is 1.94. The molecule has 106 valence electrons. The van der Waals surface area contributed by atoms with Gasteiger partial charge in [0.15, 0.2) is 0 Å². The van der Waals surface area contributed by atoms with Crippen molar-refractivity contribution in [3.63, 3.8) is 0 Å². The van der Waals surface area contributed by atoms with Crippen molar-refractivity contribution in [2.45, 2.75) is 18.9 Å². The van der Waals surface area contributed by atoms with Gasteiger partial charge in [0.2, 0.25) is 5.91 Å². The predicted molar refractivity (Wildman–Crippen MR) is 73.8 cm³/mol. The molecular formula is C15H17NO4. The van der Waals surface area contributed by atoms with Crippen LogP contribution in [0.3, 0.4) is 0 Å². The highest BCUT2D eigenvalue weighted by molar-refractivity contribution is 5.87. The van der Waals surface area contributed by atoms with Gasteiger partial charge in [-0.05, 0) is 30.3 Å². The molecule has 1 fully saturated rings. The molecule has 0 bridgehead atoms. The van der Waals surface area contributed by atoms with Crippen LogP contribution in [0.5, 0.6) is 5.75 Å². The van der Waals surface area contributed by atoms with E-state index >= 15 is 0 Å². The second-order valence-electron chi connectivity index (χ2n) is 4.68. The number of nitrogens with zero attached hydrogens (tertiary/aromatic N) is 1. The summed E-state index contributed by atoms with van der Waals surface area (Å²) in [7, 11) is 0. The minimum absolute atomic E-state index is 0.0470. The Morgan fingerprint density at radius 3 is 2.35 bits per heavy atom. The molecule has 0 spiro atoms. The van der Waals surface area contributed by atoms with E-state index in [2.05, 4.69) is 6.58 Å². The first-order chi connectivity index (χ1) is 9.60. The Morgan fingerprint density at radius 1 is 1.25 bits per heavy atom. The van der Waals surface area contributed by atoms with Crippen molar-refractivity contribution in [2.24, 2.45) is 0 Å². The van der Waals surface area contributed by atoms with Gasteiger partial charge in [-0.3, -0.25) is 4.79 Å². The summed E-state index contributed by atoms with van der Waals surface area (Å²) in [6.45, 7) is 4.79. The number of aromatic carboxylic acids is 1. The normalized spacial score (nSPS) is 15.7. The number of hydrogen-bond donors (Lipinski definition) is 1. The maximum absolute atomic E-state index is 11.4. The van der Waals surface area contributed by atoms with E-state index in [1.165, 1.54) is 18.2 Å². The number of carbonyl (C=O) groups excluding carboxylic acids is 1. The van der Waals surface area contributed by atoms with Crippen LogP contribution >= 0.6 is 0 Å². The van der Waals surface area contributed by atoms with Crippen molar-refractivity contribution >= 4 is 11.9 Å². The molecule has 0 saturated carbocycles. The first-order valence-corrected chi connectivity index (χ1v) is 6.51. The highest BCUT2D eigenvalue weighted by Gasteiger charge is 2.22. The van der Waals surface area contributed by atoms with Crippen LogP contribution in [0.15, 0.2) is 36.9 Å². The summed E-state index contributed by atoms with van der Waals surface area (Å²) in [5.74, 6) is -0.342. The van der Waals surface area contributed by atoms with Gasteiger partial charge in [-0.1, -0.05) is 6.58 Å². The van der Waals surface area contributed by atoms with Gasteiger partial charge in [-0.2, -0.15) is 0 Å². The number of hydrogen-bond acceptors (Lipinski definition) is 3. The van der Waals surface area contributed by atoms with Gasteiger partial charge in [0, 0.05) is 25.9 Å². The molecule has 5 nitrogen and oxygen atoms in total. The molecule has 1 N–H and O–H groups in total. The van der Waals surface area contributed by atoms with Gasteiger partial charge >= 0.3 is 5.97 Å². The van der Waals surface area contributed by atoms with Crippen LogP contribution in [0.1, 0.15) is 23.2 Å². The number of amides is 1. The Balaban J connectivity index is 1.87. The number of likely N-dealkylation sites (tertiary alicyclic amines) is 1. The van der Waals surface area contributed by atoms with Crippen molar-refractivity contribution < 1.29 is 19.4 Å². The zero-order valence-corrected chi connectivity index (χ0v) is 11.1. The van der Waals surface area contributed by atoms with Crippen molar-refractivity contribution in [3.8, 4) is 5.75 Å². The molecule has 0 aliphatic carbocycles. The summed E-state index contributed by atoms with van der Waals surface area (Å²) in [4.78, 5) is 23.9. The van der Waals surface area contributed by atoms with E-state index in [4.69, 9.17) is 9.84 Å². The summed E-state index contributed by atoms with van der Waals surface area (Å²) in [5.41, 5.74) is 0.240. The molecule has 1 aromatic carbocycles. The van der Waals surface area contributed by atoms with Crippen LogP contribution in [0.25, 0.3) is 0 Å². The number of piperidine rings is 1. The van der Waals surface area contributed by atoms with Crippen molar-refractivity contribution in [1.29, 1.82) is 0 Å². The standard InChI is InChI=1S/C15H17NO4/c1-2-14(17)16-9-7-13(8-10-16)20-12-5-3-11(4-6-12)15(18)19/h2-6,13H,1,7-10H2,(H,18,19). The van der Waals surface area contributed by atoms with Crippen molar-refractivity contribution in [1.82, 2.24) is 4.90 Å². The highest BCUT2D eigenvalue weighted by Crippen LogP contribution is 2.19. The maximum atomic E-state index is 11.4. The fourth-order valence-electron chi connectivity index (χ4n) is 2.19. The molecular weight excluding hydrogens is 258 g/mol. The molecule has 2 rings (SSSR count). The fraction of sp³-hybridized carbons (Fsp3) is 0.333. The number of carbonyl (C=O) groups is 2. The van der Waals surface area contributed by atoms with Gasteiger partial charge in [-0.15, -0.1) is 0 Å². The van der Waals surface area contributed by atoms with Crippen LogP contribution < -0.4 is 4.74 Å². The third-order valence-electron chi connectivity index (χ3n) is 3.33. The molecule has 0 atom stereocenters. The van der Waals surface area contributed by atoms with Crippen LogP contribution in [0.2, 0.25) is 0 Å². The Bertz CT molecular complexity index is 501. The van der Waals surface area contributed by atoms with E-state index in [0.29, 0.717) is 18.8 Å². The zero-order valence-electron chi connectivity index (χ0n) is 11.1. The Kier molecular flexibility index (Phi) is 4.40. The minimum atomic E-state index is -0.951. The van der Waals surface area contributed by atoms with E-state index in [9.17, 15) is 9.59 Å². The van der Waals surface area contributed by atoms with E-state index < -0.39 is 5.97 Å². The number of carboxylic acid groups (broad SMARTS) is 1. The van der Waals surface area contributed by atoms with E-state index in [1.54, 1.807) is 17.0 Å². The van der Waals surface area contributed by atoms with E-state index in [-0.39, 0.29) is 17.6 Å². The quantitative estimate of drug-likeness (QED) is 0.853. The second kappa shape index (κ2) is 6.23. The second-order valence-corrected chi connectivity index (χ2v) is 4.68. The van der Waals surface area contributed by atoms with E-state index in [1.807, 2.05) is 0 Å². The highest BCUT2D eigenvalue weighted by atomic mass is 16.5. The number of carboxylic acids is 1. The molecule has 20 heavy (non-hydrogen) atoms. The molecule has 1 saturated heterocycles. The van der Waals surface area contributed by atoms with Crippen molar-refractivity contribution in [3.05, 3.63) is 42.5 Å². The Labute approximate surface area is 117 Å². The first kappa shape index (κ1) is 14.1. The summed E-state index contributed by atoms with van der Waals surface area (Å²) in [6.07, 6.45) is 2.91. The van der Waals surface area contributed by atoms with Crippen LogP contribution in [-0.4, -0.2) is 41.1 Å². The minimum Gasteiger partial charge on any atom is -0.490 e. The smallest absolute Gasteiger partial charge is 0.335 e. The Hall–Kier alpha value is -2.30. The molecule has 5 heteroatoms. The first-order valence-electron chi connectivity index (χ1n) is 6.51. The average molecular weight is 275 g/mol. The SMILES string of the molecule is C=CC(=O)N1CCC(Oc2ccc(C(=O)O)cc2)CC1. The van der Waals surface area contributed by atoms with Gasteiger partial charge in [-0.25, -0.2) is 4.79 Å². The summed E-state index contributed by atoms with van der Waals surface area (Å²) < 4.78 is 5.80. The Morgan fingerprint density at radius 2 is 1.85 bits per heavy atom. The molecule has 0 unspecified atom stereocenters. The summed E-state index contributed by atoms with van der Waals surface area (Å²) in [6, 6.07) is 6.36. The molecule has 1 heterocycles. The number of benzene rings is 1. The lowest BCUT2D eigenvalue weighted by atomic mass is 10.1. The largest absolute Gasteiger partial charge is 0.490 e. The van der Waals surface area contributed by atoms with Gasteiger partial charge in [0.25, 0.3) is 0 Å². The number of rotatable bonds is 4. The zero-order chi connectivity index (χ0) is 14.5. The lowest BCUT2D eigenvalue weighted by Gasteiger charge is -2.31. The van der Waals surface area contributed by atoms with Gasteiger partial charge in [0.1, 0.15) is 11.9 Å². The molecule has 1 aliphatic rings. The molecule has 1 aromatic rings. The lowest BCUT2D eigenvalue weighted by molar-refractivity contribution is -0.127. The number of ether oxygens (including phenoxy) is 1. The third-order valence-corrected chi connectivity index (χ3v) is 3.33. The third kappa shape index (κ3) is 3.38. The van der Waals surface area contributed by atoms with Crippen LogP contribution in [-0.2, 0) is 4.79 Å². The average Bonchev–Trinajstić information content (AvgIpc) is 2.48. The van der Waals surface area contributed by atoms with Crippen LogP contribution in [0, 0.1) is 0 Å². The monoisotopic (exact) mass is 275 g/mol. The molecule has 0 aromatic heterocycles.